The Morgan fingerprint density at radius 2 is 2.00 bits per heavy atom. The first kappa shape index (κ1) is 12.8. The molecule has 98 valence electrons. The van der Waals surface area contributed by atoms with E-state index in [0.717, 1.165) is 12.8 Å². The molecular formula is C11H14N2O4S. The van der Waals surface area contributed by atoms with Gasteiger partial charge in [-0.2, -0.15) is 0 Å². The van der Waals surface area contributed by atoms with E-state index in [4.69, 9.17) is 10.2 Å². The van der Waals surface area contributed by atoms with Crippen LogP contribution in [-0.2, 0) is 14.8 Å². The molecule has 1 aliphatic carbocycles. The fraction of sp³-hybridized carbons (Fsp3) is 0.364. The second-order valence-corrected chi connectivity index (χ2v) is 5.87. The molecule has 0 aromatic heterocycles. The van der Waals surface area contributed by atoms with Gasteiger partial charge in [0.15, 0.2) is 0 Å². The van der Waals surface area contributed by atoms with Crippen molar-refractivity contribution in [3.05, 3.63) is 24.3 Å². The molecule has 1 saturated carbocycles. The summed E-state index contributed by atoms with van der Waals surface area (Å²) in [6.07, 6.45) is 1.67. The van der Waals surface area contributed by atoms with Crippen LogP contribution in [0, 0.1) is 5.92 Å². The van der Waals surface area contributed by atoms with Crippen LogP contribution in [0.3, 0.4) is 0 Å². The minimum absolute atomic E-state index is 0.0519. The molecule has 1 atom stereocenters. The fourth-order valence-electron chi connectivity index (χ4n) is 1.81. The maximum Gasteiger partial charge on any atom is 0.326 e. The zero-order chi connectivity index (χ0) is 13.3. The third kappa shape index (κ3) is 2.80. The van der Waals surface area contributed by atoms with E-state index in [1.165, 1.54) is 18.2 Å². The minimum Gasteiger partial charge on any atom is -0.480 e. The van der Waals surface area contributed by atoms with Crippen molar-refractivity contribution in [2.75, 3.05) is 5.32 Å². The molecule has 0 heterocycles. The molecule has 0 bridgehead atoms. The lowest BCUT2D eigenvalue weighted by Gasteiger charge is -2.17. The minimum atomic E-state index is -3.87. The Kier molecular flexibility index (Phi) is 3.27. The maximum atomic E-state index is 11.4. The molecular weight excluding hydrogens is 256 g/mol. The van der Waals surface area contributed by atoms with Crippen LogP contribution < -0.4 is 10.5 Å². The monoisotopic (exact) mass is 270 g/mol. The van der Waals surface area contributed by atoms with E-state index in [1.54, 1.807) is 6.07 Å². The summed E-state index contributed by atoms with van der Waals surface area (Å²) in [5.74, 6) is -0.933. The molecule has 0 radical (unpaired) electrons. The van der Waals surface area contributed by atoms with Crippen LogP contribution in [0.2, 0.25) is 0 Å². The highest BCUT2D eigenvalue weighted by molar-refractivity contribution is 7.89. The Labute approximate surface area is 105 Å². The van der Waals surface area contributed by atoms with E-state index < -0.39 is 22.0 Å². The third-order valence-electron chi connectivity index (χ3n) is 2.86. The summed E-state index contributed by atoms with van der Waals surface area (Å²) in [6, 6.07) is 5.26. The van der Waals surface area contributed by atoms with Crippen molar-refractivity contribution in [3.63, 3.8) is 0 Å². The zero-order valence-electron chi connectivity index (χ0n) is 9.54. The van der Waals surface area contributed by atoms with Gasteiger partial charge in [-0.15, -0.1) is 0 Å². The number of rotatable bonds is 5. The second-order valence-electron chi connectivity index (χ2n) is 4.34. The van der Waals surface area contributed by atoms with E-state index in [-0.39, 0.29) is 16.5 Å². The molecule has 0 aliphatic heterocycles. The SMILES string of the molecule is NS(=O)(=O)c1ccccc1NC(C(=O)O)C1CC1. The first-order valence-corrected chi connectivity index (χ1v) is 7.05. The van der Waals surface area contributed by atoms with Crippen molar-refractivity contribution in [1.82, 2.24) is 0 Å². The summed E-state index contributed by atoms with van der Waals surface area (Å²) in [5, 5.41) is 16.9. The molecule has 0 amide bonds. The Hall–Kier alpha value is -1.60. The van der Waals surface area contributed by atoms with Gasteiger partial charge in [0, 0.05) is 0 Å². The van der Waals surface area contributed by atoms with Gasteiger partial charge in [-0.1, -0.05) is 12.1 Å². The number of carboxylic acids is 1. The van der Waals surface area contributed by atoms with E-state index in [9.17, 15) is 13.2 Å². The number of anilines is 1. The van der Waals surface area contributed by atoms with Crippen LogP contribution in [0.1, 0.15) is 12.8 Å². The van der Waals surface area contributed by atoms with Gasteiger partial charge in [-0.3, -0.25) is 0 Å². The van der Waals surface area contributed by atoms with Crippen molar-refractivity contribution in [2.45, 2.75) is 23.8 Å². The third-order valence-corrected chi connectivity index (χ3v) is 3.83. The summed E-state index contributed by atoms with van der Waals surface area (Å²) in [5.41, 5.74) is 0.235. The van der Waals surface area contributed by atoms with Crippen LogP contribution in [0.15, 0.2) is 29.2 Å². The lowest BCUT2D eigenvalue weighted by Crippen LogP contribution is -2.32. The van der Waals surface area contributed by atoms with Gasteiger partial charge in [-0.25, -0.2) is 18.4 Å². The number of primary sulfonamides is 1. The highest BCUT2D eigenvalue weighted by Gasteiger charge is 2.36. The van der Waals surface area contributed by atoms with Gasteiger partial charge in [0.2, 0.25) is 10.0 Å². The van der Waals surface area contributed by atoms with E-state index in [2.05, 4.69) is 5.32 Å². The van der Waals surface area contributed by atoms with E-state index >= 15 is 0 Å². The zero-order valence-corrected chi connectivity index (χ0v) is 10.4. The van der Waals surface area contributed by atoms with Crippen molar-refractivity contribution < 1.29 is 18.3 Å². The molecule has 1 fully saturated rings. The Balaban J connectivity index is 2.31. The van der Waals surface area contributed by atoms with Gasteiger partial charge < -0.3 is 10.4 Å². The number of benzene rings is 1. The van der Waals surface area contributed by atoms with Gasteiger partial charge in [0.1, 0.15) is 10.9 Å². The first-order chi connectivity index (χ1) is 8.39. The Morgan fingerprint density at radius 1 is 1.39 bits per heavy atom. The summed E-state index contributed by atoms with van der Waals surface area (Å²) < 4.78 is 22.8. The summed E-state index contributed by atoms with van der Waals surface area (Å²) in [6.45, 7) is 0. The van der Waals surface area contributed by atoms with Crippen LogP contribution in [0.4, 0.5) is 5.69 Å². The molecule has 1 unspecified atom stereocenters. The molecule has 0 spiro atoms. The van der Waals surface area contributed by atoms with Gasteiger partial charge in [-0.05, 0) is 30.9 Å². The van der Waals surface area contributed by atoms with Crippen LogP contribution in [0.25, 0.3) is 0 Å². The Bertz CT molecular complexity index is 566. The number of hydrogen-bond donors (Lipinski definition) is 3. The van der Waals surface area contributed by atoms with E-state index in [0.29, 0.717) is 0 Å². The lowest BCUT2D eigenvalue weighted by atomic mass is 10.1. The lowest BCUT2D eigenvalue weighted by molar-refractivity contribution is -0.138. The van der Waals surface area contributed by atoms with Crippen LogP contribution >= 0.6 is 0 Å². The second kappa shape index (κ2) is 4.58. The first-order valence-electron chi connectivity index (χ1n) is 5.51. The number of para-hydroxylation sites is 1. The molecule has 1 aliphatic rings. The van der Waals surface area contributed by atoms with Gasteiger partial charge in [0.25, 0.3) is 0 Å². The molecule has 7 heteroatoms. The average molecular weight is 270 g/mol. The number of hydrogen-bond acceptors (Lipinski definition) is 4. The van der Waals surface area contributed by atoms with Crippen molar-refractivity contribution in [2.24, 2.45) is 11.1 Å². The van der Waals surface area contributed by atoms with Gasteiger partial charge >= 0.3 is 5.97 Å². The summed E-state index contributed by atoms with van der Waals surface area (Å²) >= 11 is 0. The molecule has 18 heavy (non-hydrogen) atoms. The number of carbonyl (C=O) groups is 1. The molecule has 0 saturated heterocycles. The number of aliphatic carboxylic acids is 1. The number of nitrogens with one attached hydrogen (secondary N) is 1. The average Bonchev–Trinajstić information content (AvgIpc) is 3.08. The molecule has 6 nitrogen and oxygen atoms in total. The number of sulfonamides is 1. The largest absolute Gasteiger partial charge is 0.480 e. The topological polar surface area (TPSA) is 109 Å². The molecule has 1 aromatic rings. The number of carboxylic acid groups (broad SMARTS) is 1. The highest BCUT2D eigenvalue weighted by Crippen LogP contribution is 2.35. The van der Waals surface area contributed by atoms with E-state index in [1.807, 2.05) is 0 Å². The summed E-state index contributed by atoms with van der Waals surface area (Å²) in [7, 11) is -3.87. The highest BCUT2D eigenvalue weighted by atomic mass is 32.2. The number of nitrogens with two attached hydrogens (primary N) is 1. The normalized spacial score (nSPS) is 17.2. The Morgan fingerprint density at radius 3 is 2.50 bits per heavy atom. The maximum absolute atomic E-state index is 11.4. The molecule has 1 aromatic carbocycles. The smallest absolute Gasteiger partial charge is 0.326 e. The molecule has 2 rings (SSSR count). The predicted octanol–water partition coefficient (Wildman–Crippen LogP) is 0.609. The van der Waals surface area contributed by atoms with Crippen LogP contribution in [0.5, 0.6) is 0 Å². The van der Waals surface area contributed by atoms with Crippen LogP contribution in [-0.4, -0.2) is 25.5 Å². The van der Waals surface area contributed by atoms with Crippen molar-refractivity contribution in [1.29, 1.82) is 0 Å². The van der Waals surface area contributed by atoms with Gasteiger partial charge in [0.05, 0.1) is 5.69 Å². The molecule has 4 N–H and O–H groups in total. The van der Waals surface area contributed by atoms with Crippen molar-refractivity contribution >= 4 is 21.7 Å². The quantitative estimate of drug-likeness (QED) is 0.726. The summed E-state index contributed by atoms with van der Waals surface area (Å²) in [4.78, 5) is 11.0. The van der Waals surface area contributed by atoms with Crippen molar-refractivity contribution in [3.8, 4) is 0 Å². The fourth-order valence-corrected chi connectivity index (χ4v) is 2.51. The standard InChI is InChI=1S/C11H14N2O4S/c12-18(16,17)9-4-2-1-3-8(9)13-10(11(14)15)7-5-6-7/h1-4,7,10,13H,5-6H2,(H,14,15)(H2,12,16,17). The predicted molar refractivity (Wildman–Crippen MR) is 65.6 cm³/mol.